The molecule has 0 aliphatic rings. The van der Waals surface area contributed by atoms with Gasteiger partial charge in [0.05, 0.1) is 0 Å². The van der Waals surface area contributed by atoms with Crippen molar-refractivity contribution in [3.05, 3.63) is 52.3 Å². The number of hydrogen-bond acceptors (Lipinski definition) is 2. The zero-order valence-electron chi connectivity index (χ0n) is 14.9. The van der Waals surface area contributed by atoms with Crippen molar-refractivity contribution in [2.75, 3.05) is 6.54 Å². The SMILES string of the molecule is CCCN(Cc1cc(F)ccc1CC)C(=O)c1c(C(F)F)nn(C)c1F. The van der Waals surface area contributed by atoms with Crippen molar-refractivity contribution in [3.8, 4) is 0 Å². The summed E-state index contributed by atoms with van der Waals surface area (Å²) in [4.78, 5) is 14.0. The predicted octanol–water partition coefficient (Wildman–Crippen LogP) is 4.25. The summed E-state index contributed by atoms with van der Waals surface area (Å²) < 4.78 is 54.8. The normalized spacial score (nSPS) is 11.2. The average Bonchev–Trinajstić information content (AvgIpc) is 2.89. The predicted molar refractivity (Wildman–Crippen MR) is 88.9 cm³/mol. The van der Waals surface area contributed by atoms with Gasteiger partial charge in [0, 0.05) is 20.1 Å². The third kappa shape index (κ3) is 4.05. The van der Waals surface area contributed by atoms with E-state index in [1.54, 1.807) is 13.0 Å². The Hall–Kier alpha value is -2.38. The zero-order chi connectivity index (χ0) is 19.4. The van der Waals surface area contributed by atoms with Gasteiger partial charge in [-0.2, -0.15) is 9.49 Å². The van der Waals surface area contributed by atoms with Crippen LogP contribution in [0.3, 0.4) is 0 Å². The summed E-state index contributed by atoms with van der Waals surface area (Å²) in [5, 5.41) is 3.41. The summed E-state index contributed by atoms with van der Waals surface area (Å²) in [6.07, 6.45) is -1.92. The molecule has 0 N–H and O–H groups in total. The minimum Gasteiger partial charge on any atom is -0.334 e. The maximum absolute atomic E-state index is 14.2. The van der Waals surface area contributed by atoms with E-state index in [-0.39, 0.29) is 13.1 Å². The lowest BCUT2D eigenvalue weighted by molar-refractivity contribution is 0.0725. The summed E-state index contributed by atoms with van der Waals surface area (Å²) >= 11 is 0. The van der Waals surface area contributed by atoms with Crippen LogP contribution in [0.15, 0.2) is 18.2 Å². The molecule has 2 rings (SSSR count). The molecular weight excluding hydrogens is 350 g/mol. The highest BCUT2D eigenvalue weighted by Crippen LogP contribution is 2.26. The van der Waals surface area contributed by atoms with Crippen LogP contribution in [0.1, 0.15) is 53.9 Å². The van der Waals surface area contributed by atoms with Gasteiger partial charge in [-0.3, -0.25) is 4.79 Å². The summed E-state index contributed by atoms with van der Waals surface area (Å²) in [5.74, 6) is -2.44. The van der Waals surface area contributed by atoms with Gasteiger partial charge in [0.15, 0.2) is 0 Å². The van der Waals surface area contributed by atoms with Crippen molar-refractivity contribution in [2.45, 2.75) is 39.7 Å². The fourth-order valence-corrected chi connectivity index (χ4v) is 2.85. The van der Waals surface area contributed by atoms with Crippen molar-refractivity contribution in [1.29, 1.82) is 0 Å². The largest absolute Gasteiger partial charge is 0.334 e. The quantitative estimate of drug-likeness (QED) is 0.683. The minimum atomic E-state index is -3.08. The number of hydrogen-bond donors (Lipinski definition) is 0. The molecule has 0 saturated heterocycles. The Labute approximate surface area is 149 Å². The summed E-state index contributed by atoms with van der Waals surface area (Å²) in [5.41, 5.74) is -0.213. The molecule has 1 aromatic carbocycles. The lowest BCUT2D eigenvalue weighted by atomic mass is 10.0. The number of carbonyl (C=O) groups excluding carboxylic acids is 1. The Kier molecular flexibility index (Phi) is 6.39. The number of halogens is 4. The highest BCUT2D eigenvalue weighted by molar-refractivity contribution is 5.95. The maximum atomic E-state index is 14.2. The molecule has 0 aliphatic heterocycles. The summed E-state index contributed by atoms with van der Waals surface area (Å²) in [6, 6.07) is 4.25. The topological polar surface area (TPSA) is 38.1 Å². The lowest BCUT2D eigenvalue weighted by Crippen LogP contribution is -2.33. The molecule has 4 nitrogen and oxygen atoms in total. The molecule has 26 heavy (non-hydrogen) atoms. The zero-order valence-corrected chi connectivity index (χ0v) is 14.9. The van der Waals surface area contributed by atoms with Gasteiger partial charge >= 0.3 is 0 Å². The van der Waals surface area contributed by atoms with Crippen molar-refractivity contribution < 1.29 is 22.4 Å². The third-order valence-electron chi connectivity index (χ3n) is 4.12. The van der Waals surface area contributed by atoms with Crippen LogP contribution >= 0.6 is 0 Å². The molecule has 1 heterocycles. The first-order valence-electron chi connectivity index (χ1n) is 8.37. The number of carbonyl (C=O) groups is 1. The van der Waals surface area contributed by atoms with Crippen LogP contribution in [0.5, 0.6) is 0 Å². The highest BCUT2D eigenvalue weighted by Gasteiger charge is 2.31. The van der Waals surface area contributed by atoms with E-state index < -0.39 is 35.4 Å². The second-order valence-electron chi connectivity index (χ2n) is 5.97. The van der Waals surface area contributed by atoms with E-state index in [0.717, 1.165) is 12.6 Å². The molecular formula is C18H21F4N3O. The van der Waals surface area contributed by atoms with Gasteiger partial charge in [-0.05, 0) is 36.1 Å². The molecule has 0 aliphatic carbocycles. The Bertz CT molecular complexity index is 789. The van der Waals surface area contributed by atoms with E-state index in [4.69, 9.17) is 0 Å². The molecule has 0 fully saturated rings. The first-order chi connectivity index (χ1) is 12.3. The molecule has 0 spiro atoms. The second-order valence-corrected chi connectivity index (χ2v) is 5.97. The van der Waals surface area contributed by atoms with Crippen LogP contribution in [0.25, 0.3) is 0 Å². The molecule has 1 aromatic heterocycles. The highest BCUT2D eigenvalue weighted by atomic mass is 19.3. The molecule has 142 valence electrons. The van der Waals surface area contributed by atoms with E-state index in [2.05, 4.69) is 5.10 Å². The molecule has 1 amide bonds. The van der Waals surface area contributed by atoms with Gasteiger partial charge in [0.25, 0.3) is 12.3 Å². The van der Waals surface area contributed by atoms with Crippen molar-refractivity contribution >= 4 is 5.91 Å². The molecule has 8 heteroatoms. The number of benzene rings is 1. The van der Waals surface area contributed by atoms with Crippen molar-refractivity contribution in [3.63, 3.8) is 0 Å². The number of nitrogens with zero attached hydrogens (tertiary/aromatic N) is 3. The summed E-state index contributed by atoms with van der Waals surface area (Å²) in [6.45, 7) is 3.92. The van der Waals surface area contributed by atoms with Gasteiger partial charge in [0.1, 0.15) is 17.1 Å². The molecule has 0 unspecified atom stereocenters. The van der Waals surface area contributed by atoms with Gasteiger partial charge in [-0.1, -0.05) is 19.9 Å². The fraction of sp³-hybridized carbons (Fsp3) is 0.444. The van der Waals surface area contributed by atoms with E-state index in [9.17, 15) is 22.4 Å². The van der Waals surface area contributed by atoms with E-state index in [0.29, 0.717) is 23.1 Å². The Balaban J connectivity index is 2.42. The average molecular weight is 371 g/mol. The number of rotatable bonds is 7. The second kappa shape index (κ2) is 8.33. The lowest BCUT2D eigenvalue weighted by Gasteiger charge is -2.23. The Morgan fingerprint density at radius 3 is 2.50 bits per heavy atom. The fourth-order valence-electron chi connectivity index (χ4n) is 2.85. The van der Waals surface area contributed by atoms with Crippen molar-refractivity contribution in [2.24, 2.45) is 7.05 Å². The van der Waals surface area contributed by atoms with Crippen LogP contribution < -0.4 is 0 Å². The smallest absolute Gasteiger partial charge is 0.283 e. The minimum absolute atomic E-state index is 0.00458. The number of amides is 1. The summed E-state index contributed by atoms with van der Waals surface area (Å²) in [7, 11) is 1.16. The number of alkyl halides is 2. The maximum Gasteiger partial charge on any atom is 0.283 e. The van der Waals surface area contributed by atoms with Gasteiger partial charge in [0.2, 0.25) is 5.95 Å². The van der Waals surface area contributed by atoms with Gasteiger partial charge in [-0.25, -0.2) is 17.9 Å². The van der Waals surface area contributed by atoms with E-state index in [1.807, 2.05) is 6.92 Å². The molecule has 0 radical (unpaired) electrons. The van der Waals surface area contributed by atoms with Gasteiger partial charge in [-0.15, -0.1) is 0 Å². The number of aryl methyl sites for hydroxylation is 2. The molecule has 0 saturated carbocycles. The van der Waals surface area contributed by atoms with Crippen LogP contribution in [0, 0.1) is 11.8 Å². The number of aromatic nitrogens is 2. The van der Waals surface area contributed by atoms with Crippen LogP contribution in [0.4, 0.5) is 17.6 Å². The molecule has 0 atom stereocenters. The first-order valence-corrected chi connectivity index (χ1v) is 8.37. The van der Waals surface area contributed by atoms with Crippen LogP contribution in [-0.2, 0) is 20.0 Å². The van der Waals surface area contributed by atoms with Crippen LogP contribution in [-0.4, -0.2) is 27.1 Å². The Morgan fingerprint density at radius 1 is 1.23 bits per heavy atom. The molecule has 2 aromatic rings. The Morgan fingerprint density at radius 2 is 1.92 bits per heavy atom. The third-order valence-corrected chi connectivity index (χ3v) is 4.12. The molecule has 0 bridgehead atoms. The monoisotopic (exact) mass is 371 g/mol. The van der Waals surface area contributed by atoms with Crippen molar-refractivity contribution in [1.82, 2.24) is 14.7 Å². The van der Waals surface area contributed by atoms with Gasteiger partial charge < -0.3 is 4.90 Å². The van der Waals surface area contributed by atoms with E-state index >= 15 is 0 Å². The standard InChI is InChI=1S/C18H21F4N3O/c1-4-8-25(10-12-9-13(19)7-6-11(12)5-2)18(26)14-15(16(20)21)23-24(3)17(14)22/h6-7,9,16H,4-5,8,10H2,1-3H3. The van der Waals surface area contributed by atoms with E-state index in [1.165, 1.54) is 17.0 Å². The van der Waals surface area contributed by atoms with Crippen LogP contribution in [0.2, 0.25) is 0 Å². The first kappa shape index (κ1) is 19.9.